The molecule has 2 rings (SSSR count). The largest absolute Gasteiger partial charge is 0.348 e. The molecule has 122 valence electrons. The molecule has 2 aliphatic rings. The summed E-state index contributed by atoms with van der Waals surface area (Å²) in [5.74, 6) is -0.234. The molecule has 0 atom stereocenters. The van der Waals surface area contributed by atoms with Crippen LogP contribution in [-0.2, 0) is 14.4 Å². The molecule has 0 bridgehead atoms. The second kappa shape index (κ2) is 6.46. The van der Waals surface area contributed by atoms with Crippen LogP contribution >= 0.6 is 0 Å². The first kappa shape index (κ1) is 16.5. The number of rotatable bonds is 2. The van der Waals surface area contributed by atoms with Crippen LogP contribution in [0.1, 0.15) is 46.5 Å². The first-order valence-corrected chi connectivity index (χ1v) is 7.73. The summed E-state index contributed by atoms with van der Waals surface area (Å²) in [6, 6.07) is 0.0526. The number of hydrogen-bond acceptors (Lipinski definition) is 4. The van der Waals surface area contributed by atoms with Gasteiger partial charge < -0.3 is 10.2 Å². The van der Waals surface area contributed by atoms with Crippen LogP contribution in [0, 0.1) is 5.41 Å². The number of hydrazone groups is 1. The van der Waals surface area contributed by atoms with Crippen molar-refractivity contribution in [2.45, 2.75) is 52.5 Å². The number of nitrogens with zero attached hydrogens (tertiary/aromatic N) is 2. The minimum Gasteiger partial charge on any atom is -0.348 e. The SMILES string of the molecule is CC(C)(C)C(=O)N1CCC(NC(=O)C2=NNC(=O)CC2)CC1. The van der Waals surface area contributed by atoms with Crippen molar-refractivity contribution in [3.8, 4) is 0 Å². The molecule has 2 heterocycles. The number of hydrogen-bond donors (Lipinski definition) is 2. The third kappa shape index (κ3) is 4.05. The molecule has 2 aliphatic heterocycles. The molecule has 0 radical (unpaired) electrons. The number of piperidine rings is 1. The summed E-state index contributed by atoms with van der Waals surface area (Å²) in [5, 5.41) is 6.73. The smallest absolute Gasteiger partial charge is 0.267 e. The van der Waals surface area contributed by atoms with Crippen molar-refractivity contribution in [2.75, 3.05) is 13.1 Å². The summed E-state index contributed by atoms with van der Waals surface area (Å²) >= 11 is 0. The summed E-state index contributed by atoms with van der Waals surface area (Å²) in [4.78, 5) is 37.2. The van der Waals surface area contributed by atoms with Crippen molar-refractivity contribution in [1.82, 2.24) is 15.6 Å². The van der Waals surface area contributed by atoms with Crippen LogP contribution in [0.5, 0.6) is 0 Å². The van der Waals surface area contributed by atoms with Gasteiger partial charge in [0.15, 0.2) is 0 Å². The van der Waals surface area contributed by atoms with E-state index in [0.717, 1.165) is 12.8 Å². The van der Waals surface area contributed by atoms with Crippen molar-refractivity contribution in [3.63, 3.8) is 0 Å². The van der Waals surface area contributed by atoms with Crippen LogP contribution in [0.2, 0.25) is 0 Å². The molecule has 1 saturated heterocycles. The maximum atomic E-state index is 12.2. The Morgan fingerprint density at radius 1 is 1.23 bits per heavy atom. The van der Waals surface area contributed by atoms with E-state index < -0.39 is 0 Å². The predicted molar refractivity (Wildman–Crippen MR) is 82.0 cm³/mol. The van der Waals surface area contributed by atoms with Crippen molar-refractivity contribution in [3.05, 3.63) is 0 Å². The van der Waals surface area contributed by atoms with Crippen LogP contribution in [0.25, 0.3) is 0 Å². The first-order chi connectivity index (χ1) is 10.3. The molecule has 0 saturated carbocycles. The lowest BCUT2D eigenvalue weighted by Gasteiger charge is -2.36. The quantitative estimate of drug-likeness (QED) is 0.774. The van der Waals surface area contributed by atoms with Crippen LogP contribution in [0.3, 0.4) is 0 Å². The van der Waals surface area contributed by atoms with Gasteiger partial charge in [-0.15, -0.1) is 0 Å². The van der Waals surface area contributed by atoms with Gasteiger partial charge in [0, 0.05) is 37.4 Å². The monoisotopic (exact) mass is 308 g/mol. The van der Waals surface area contributed by atoms with Gasteiger partial charge >= 0.3 is 0 Å². The fraction of sp³-hybridized carbons (Fsp3) is 0.733. The Labute approximate surface area is 130 Å². The van der Waals surface area contributed by atoms with Crippen LogP contribution in [0.15, 0.2) is 5.10 Å². The fourth-order valence-corrected chi connectivity index (χ4v) is 2.61. The van der Waals surface area contributed by atoms with Gasteiger partial charge in [0.05, 0.1) is 0 Å². The standard InChI is InChI=1S/C15H24N4O3/c1-15(2,3)14(22)19-8-6-10(7-9-19)16-13(21)11-4-5-12(20)18-17-11/h10H,4-9H2,1-3H3,(H,16,21)(H,18,20). The molecule has 0 unspecified atom stereocenters. The average Bonchev–Trinajstić information content (AvgIpc) is 2.47. The topological polar surface area (TPSA) is 90.9 Å². The second-order valence-corrected chi connectivity index (χ2v) is 6.88. The van der Waals surface area contributed by atoms with Crippen molar-refractivity contribution >= 4 is 23.4 Å². The van der Waals surface area contributed by atoms with Gasteiger partial charge in [-0.3, -0.25) is 14.4 Å². The van der Waals surface area contributed by atoms with E-state index in [4.69, 9.17) is 0 Å². The zero-order chi connectivity index (χ0) is 16.3. The number of amides is 3. The molecule has 2 N–H and O–H groups in total. The highest BCUT2D eigenvalue weighted by Gasteiger charge is 2.31. The van der Waals surface area contributed by atoms with E-state index in [1.807, 2.05) is 25.7 Å². The number of nitrogens with one attached hydrogen (secondary N) is 2. The van der Waals surface area contributed by atoms with Crippen LogP contribution < -0.4 is 10.7 Å². The molecule has 0 aliphatic carbocycles. The summed E-state index contributed by atoms with van der Waals surface area (Å²) in [6.45, 7) is 7.06. The lowest BCUT2D eigenvalue weighted by Crippen LogP contribution is -2.50. The molecule has 0 aromatic rings. The molecular weight excluding hydrogens is 284 g/mol. The molecule has 0 aromatic carbocycles. The van der Waals surface area contributed by atoms with E-state index in [-0.39, 0.29) is 29.2 Å². The van der Waals surface area contributed by atoms with Gasteiger partial charge in [-0.25, -0.2) is 5.43 Å². The third-order valence-electron chi connectivity index (χ3n) is 3.93. The minimum atomic E-state index is -0.370. The highest BCUT2D eigenvalue weighted by molar-refractivity contribution is 6.39. The Morgan fingerprint density at radius 3 is 2.36 bits per heavy atom. The lowest BCUT2D eigenvalue weighted by molar-refractivity contribution is -0.140. The Bertz CT molecular complexity index is 499. The molecule has 22 heavy (non-hydrogen) atoms. The van der Waals surface area contributed by atoms with E-state index in [2.05, 4.69) is 15.8 Å². The van der Waals surface area contributed by atoms with E-state index in [1.165, 1.54) is 0 Å². The van der Waals surface area contributed by atoms with Crippen molar-refractivity contribution < 1.29 is 14.4 Å². The van der Waals surface area contributed by atoms with Crippen molar-refractivity contribution in [1.29, 1.82) is 0 Å². The van der Waals surface area contributed by atoms with E-state index in [1.54, 1.807) is 0 Å². The Balaban J connectivity index is 1.81. The van der Waals surface area contributed by atoms with E-state index in [0.29, 0.717) is 31.6 Å². The minimum absolute atomic E-state index is 0.0526. The Hall–Kier alpha value is -1.92. The molecule has 3 amide bonds. The molecule has 1 fully saturated rings. The van der Waals surface area contributed by atoms with Crippen molar-refractivity contribution in [2.24, 2.45) is 10.5 Å². The van der Waals surface area contributed by atoms with Crippen LogP contribution in [-0.4, -0.2) is 47.5 Å². The predicted octanol–water partition coefficient (Wildman–Crippen LogP) is 0.406. The second-order valence-electron chi connectivity index (χ2n) is 6.88. The summed E-state index contributed by atoms with van der Waals surface area (Å²) in [7, 11) is 0. The third-order valence-corrected chi connectivity index (χ3v) is 3.93. The first-order valence-electron chi connectivity index (χ1n) is 7.73. The highest BCUT2D eigenvalue weighted by Crippen LogP contribution is 2.21. The van der Waals surface area contributed by atoms with E-state index >= 15 is 0 Å². The van der Waals surface area contributed by atoms with Gasteiger partial charge in [-0.05, 0) is 12.8 Å². The highest BCUT2D eigenvalue weighted by atomic mass is 16.2. The normalized spacial score (nSPS) is 20.2. The van der Waals surface area contributed by atoms with Gasteiger partial charge in [0.25, 0.3) is 5.91 Å². The summed E-state index contributed by atoms with van der Waals surface area (Å²) in [6.07, 6.45) is 2.16. The number of carbonyl (C=O) groups excluding carboxylic acids is 3. The van der Waals surface area contributed by atoms with Crippen LogP contribution in [0.4, 0.5) is 0 Å². The molecule has 7 nitrogen and oxygen atoms in total. The van der Waals surface area contributed by atoms with Gasteiger partial charge in [0.1, 0.15) is 5.71 Å². The average molecular weight is 308 g/mol. The van der Waals surface area contributed by atoms with Gasteiger partial charge in [-0.2, -0.15) is 5.10 Å². The zero-order valence-electron chi connectivity index (χ0n) is 13.4. The summed E-state index contributed by atoms with van der Waals surface area (Å²) in [5.41, 5.74) is 2.32. The van der Waals surface area contributed by atoms with Gasteiger partial charge in [0.2, 0.25) is 11.8 Å². The molecule has 0 aromatic heterocycles. The lowest BCUT2D eigenvalue weighted by atomic mass is 9.93. The van der Waals surface area contributed by atoms with E-state index in [9.17, 15) is 14.4 Å². The Morgan fingerprint density at radius 2 is 1.86 bits per heavy atom. The maximum Gasteiger partial charge on any atom is 0.267 e. The maximum absolute atomic E-state index is 12.2. The zero-order valence-corrected chi connectivity index (χ0v) is 13.4. The molecule has 7 heteroatoms. The summed E-state index contributed by atoms with van der Waals surface area (Å²) < 4.78 is 0. The molecule has 0 spiro atoms. The van der Waals surface area contributed by atoms with Gasteiger partial charge in [-0.1, -0.05) is 20.8 Å². The number of likely N-dealkylation sites (tertiary alicyclic amines) is 1. The fourth-order valence-electron chi connectivity index (χ4n) is 2.61. The Kier molecular flexibility index (Phi) is 4.83. The number of carbonyl (C=O) groups is 3. The molecular formula is C15H24N4O3.